The van der Waals surface area contributed by atoms with Crippen molar-refractivity contribution in [1.29, 1.82) is 0 Å². The van der Waals surface area contributed by atoms with Crippen molar-refractivity contribution in [3.05, 3.63) is 75.9 Å². The molecule has 35 heavy (non-hydrogen) atoms. The van der Waals surface area contributed by atoms with Gasteiger partial charge in [0.05, 0.1) is 0 Å². The van der Waals surface area contributed by atoms with Gasteiger partial charge in [0.2, 0.25) is 11.6 Å². The number of carbonyl (C=O) groups excluding carboxylic acids is 3. The third-order valence-corrected chi connectivity index (χ3v) is 7.81. The van der Waals surface area contributed by atoms with Crippen LogP contribution < -0.4 is 0 Å². The van der Waals surface area contributed by atoms with E-state index >= 15 is 0 Å². The van der Waals surface area contributed by atoms with Crippen molar-refractivity contribution in [1.82, 2.24) is 0 Å². The van der Waals surface area contributed by atoms with E-state index in [0.717, 1.165) is 54.4 Å². The number of ketones is 3. The van der Waals surface area contributed by atoms with E-state index in [1.165, 1.54) is 11.1 Å². The second-order valence-corrected chi connectivity index (χ2v) is 11.2. The van der Waals surface area contributed by atoms with Crippen molar-refractivity contribution in [2.45, 2.75) is 79.1 Å². The van der Waals surface area contributed by atoms with Gasteiger partial charge in [-0.05, 0) is 86.1 Å². The highest BCUT2D eigenvalue weighted by Gasteiger charge is 2.32. The molecular weight excluding hydrogens is 432 g/mol. The molecule has 2 aromatic rings. The quantitative estimate of drug-likeness (QED) is 0.302. The number of aryl methyl sites for hydroxylation is 2. The third kappa shape index (κ3) is 5.55. The Kier molecular flexibility index (Phi) is 7.54. The van der Waals surface area contributed by atoms with Crippen molar-refractivity contribution < 1.29 is 14.4 Å². The summed E-state index contributed by atoms with van der Waals surface area (Å²) in [7, 11) is 0. The number of benzene rings is 2. The molecule has 1 atom stereocenters. The summed E-state index contributed by atoms with van der Waals surface area (Å²) in [5.74, 6) is 0.305. The fourth-order valence-corrected chi connectivity index (χ4v) is 5.75. The zero-order chi connectivity index (χ0) is 25.3. The van der Waals surface area contributed by atoms with Crippen LogP contribution in [0.4, 0.5) is 0 Å². The fourth-order valence-electron chi connectivity index (χ4n) is 5.75. The van der Waals surface area contributed by atoms with Crippen LogP contribution in [0.2, 0.25) is 0 Å². The molecule has 2 aliphatic carbocycles. The van der Waals surface area contributed by atoms with Gasteiger partial charge in [-0.15, -0.1) is 0 Å². The maximum Gasteiger partial charge on any atom is 0.228 e. The number of hydrogen-bond donors (Lipinski definition) is 0. The van der Waals surface area contributed by atoms with Gasteiger partial charge in [-0.3, -0.25) is 14.4 Å². The molecule has 0 radical (unpaired) electrons. The van der Waals surface area contributed by atoms with Gasteiger partial charge in [-0.25, -0.2) is 0 Å². The predicted molar refractivity (Wildman–Crippen MR) is 142 cm³/mol. The molecule has 0 aliphatic heterocycles. The van der Waals surface area contributed by atoms with Gasteiger partial charge in [-0.2, -0.15) is 0 Å². The molecule has 184 valence electrons. The molecule has 0 saturated heterocycles. The molecule has 4 rings (SSSR count). The molecule has 0 N–H and O–H groups in total. The van der Waals surface area contributed by atoms with Gasteiger partial charge in [0.15, 0.2) is 5.78 Å². The van der Waals surface area contributed by atoms with E-state index in [2.05, 4.69) is 37.3 Å². The Labute approximate surface area is 210 Å². The number of carbonyl (C=O) groups is 3. The van der Waals surface area contributed by atoms with E-state index in [1.807, 2.05) is 39.8 Å². The minimum Gasteiger partial charge on any atom is -0.294 e. The SMILES string of the molecule is Cc1ccc(CC2CCC(C(=O)c3cc4c(cc3C)C(C)C=C4C(=O)C(=O)CC(C)C)CC2)cc1. The Balaban J connectivity index is 1.47. The normalized spacial score (nSPS) is 21.5. The van der Waals surface area contributed by atoms with Crippen molar-refractivity contribution in [2.75, 3.05) is 0 Å². The summed E-state index contributed by atoms with van der Waals surface area (Å²) in [5.41, 5.74) is 6.65. The second kappa shape index (κ2) is 10.4. The van der Waals surface area contributed by atoms with Crippen molar-refractivity contribution in [2.24, 2.45) is 17.8 Å². The van der Waals surface area contributed by atoms with Crippen LogP contribution in [-0.2, 0) is 16.0 Å². The van der Waals surface area contributed by atoms with E-state index < -0.39 is 5.78 Å². The number of Topliss-reactive ketones (excluding diaryl/α,β-unsaturated/α-hetero) is 3. The molecule has 0 spiro atoms. The van der Waals surface area contributed by atoms with Crippen LogP contribution in [0.5, 0.6) is 0 Å². The summed E-state index contributed by atoms with van der Waals surface area (Å²) < 4.78 is 0. The summed E-state index contributed by atoms with van der Waals surface area (Å²) in [4.78, 5) is 39.1. The van der Waals surface area contributed by atoms with Crippen LogP contribution in [0.1, 0.15) is 97.0 Å². The first-order chi connectivity index (χ1) is 16.6. The van der Waals surface area contributed by atoms with Crippen LogP contribution in [0.25, 0.3) is 5.57 Å². The number of allylic oxidation sites excluding steroid dienone is 2. The first kappa shape index (κ1) is 25.3. The zero-order valence-electron chi connectivity index (χ0n) is 21.8. The van der Waals surface area contributed by atoms with E-state index in [1.54, 1.807) is 0 Å². The van der Waals surface area contributed by atoms with Crippen LogP contribution in [0.3, 0.4) is 0 Å². The summed E-state index contributed by atoms with van der Waals surface area (Å²) >= 11 is 0. The first-order valence-corrected chi connectivity index (χ1v) is 13.2. The van der Waals surface area contributed by atoms with Gasteiger partial charge in [0.1, 0.15) is 0 Å². The Morgan fingerprint density at radius 3 is 2.23 bits per heavy atom. The maximum atomic E-state index is 13.6. The molecule has 1 fully saturated rings. The highest BCUT2D eigenvalue weighted by atomic mass is 16.2. The topological polar surface area (TPSA) is 51.2 Å². The second-order valence-electron chi connectivity index (χ2n) is 11.2. The van der Waals surface area contributed by atoms with Crippen LogP contribution in [0, 0.1) is 31.6 Å². The van der Waals surface area contributed by atoms with E-state index in [0.29, 0.717) is 11.5 Å². The van der Waals surface area contributed by atoms with Gasteiger partial charge in [0, 0.05) is 29.4 Å². The number of rotatable bonds is 8. The van der Waals surface area contributed by atoms with Crippen molar-refractivity contribution in [3.63, 3.8) is 0 Å². The number of fused-ring (bicyclic) bond motifs is 1. The average Bonchev–Trinajstić information content (AvgIpc) is 3.14. The molecule has 0 heterocycles. The van der Waals surface area contributed by atoms with Gasteiger partial charge in [-0.1, -0.05) is 62.7 Å². The van der Waals surface area contributed by atoms with Gasteiger partial charge in [0.25, 0.3) is 0 Å². The summed E-state index contributed by atoms with van der Waals surface area (Å²) in [6.07, 6.45) is 7.20. The Hall–Kier alpha value is -2.81. The van der Waals surface area contributed by atoms with Crippen LogP contribution >= 0.6 is 0 Å². The summed E-state index contributed by atoms with van der Waals surface area (Å²) in [6, 6.07) is 12.7. The monoisotopic (exact) mass is 470 g/mol. The number of hydrogen-bond acceptors (Lipinski definition) is 3. The molecule has 0 bridgehead atoms. The van der Waals surface area contributed by atoms with E-state index in [-0.39, 0.29) is 35.7 Å². The fraction of sp³-hybridized carbons (Fsp3) is 0.469. The maximum absolute atomic E-state index is 13.6. The lowest BCUT2D eigenvalue weighted by atomic mass is 9.76. The van der Waals surface area contributed by atoms with E-state index in [9.17, 15) is 14.4 Å². The first-order valence-electron chi connectivity index (χ1n) is 13.2. The molecular formula is C32H38O3. The molecule has 0 amide bonds. The summed E-state index contributed by atoms with van der Waals surface area (Å²) in [6.45, 7) is 10.0. The summed E-state index contributed by atoms with van der Waals surface area (Å²) in [5, 5.41) is 0. The lowest BCUT2D eigenvalue weighted by Crippen LogP contribution is -2.24. The van der Waals surface area contributed by atoms with Crippen LogP contribution in [0.15, 0.2) is 42.5 Å². The largest absolute Gasteiger partial charge is 0.294 e. The molecule has 2 aromatic carbocycles. The molecule has 3 heteroatoms. The van der Waals surface area contributed by atoms with Crippen molar-refractivity contribution in [3.8, 4) is 0 Å². The highest BCUT2D eigenvalue weighted by Crippen LogP contribution is 2.40. The lowest BCUT2D eigenvalue weighted by molar-refractivity contribution is -0.133. The Morgan fingerprint density at radius 2 is 1.60 bits per heavy atom. The smallest absolute Gasteiger partial charge is 0.228 e. The Morgan fingerprint density at radius 1 is 0.943 bits per heavy atom. The minimum atomic E-state index is -0.414. The van der Waals surface area contributed by atoms with Crippen molar-refractivity contribution >= 4 is 22.9 Å². The predicted octanol–water partition coefficient (Wildman–Crippen LogP) is 7.22. The van der Waals surface area contributed by atoms with Gasteiger partial charge >= 0.3 is 0 Å². The van der Waals surface area contributed by atoms with E-state index in [4.69, 9.17) is 0 Å². The third-order valence-electron chi connectivity index (χ3n) is 7.81. The highest BCUT2D eigenvalue weighted by molar-refractivity contribution is 6.54. The van der Waals surface area contributed by atoms with Gasteiger partial charge < -0.3 is 0 Å². The lowest BCUT2D eigenvalue weighted by Gasteiger charge is -2.28. The molecule has 1 unspecified atom stereocenters. The average molecular weight is 471 g/mol. The zero-order valence-corrected chi connectivity index (χ0v) is 21.8. The Bertz CT molecular complexity index is 1160. The molecule has 1 saturated carbocycles. The molecule has 0 aromatic heterocycles. The minimum absolute atomic E-state index is 0.0329. The van der Waals surface area contributed by atoms with Crippen LogP contribution in [-0.4, -0.2) is 17.3 Å². The standard InChI is InChI=1S/C32H38O3/c1-19(2)14-30(33)32(35)29-16-21(4)26-15-22(5)27(18-28(26)29)31(34)25-12-10-24(11-13-25)17-23-8-6-20(3)7-9-23/h6-9,15-16,18-19,21,24-25H,10-14,17H2,1-5H3. The molecule has 3 nitrogen and oxygen atoms in total. The molecule has 2 aliphatic rings.